The van der Waals surface area contributed by atoms with Crippen LogP contribution < -0.4 is 20.5 Å². The summed E-state index contributed by atoms with van der Waals surface area (Å²) in [5.74, 6) is -0.509. The lowest BCUT2D eigenvalue weighted by molar-refractivity contribution is -0.114. The molecule has 0 unspecified atom stereocenters. The number of hydrogen-bond acceptors (Lipinski definition) is 6. The van der Waals surface area contributed by atoms with E-state index in [0.717, 1.165) is 17.4 Å². The van der Waals surface area contributed by atoms with Gasteiger partial charge in [-0.3, -0.25) is 19.0 Å². The van der Waals surface area contributed by atoms with E-state index in [-0.39, 0.29) is 23.4 Å². The molecule has 1 aromatic carbocycles. The summed E-state index contributed by atoms with van der Waals surface area (Å²) in [6, 6.07) is 7.37. The molecule has 1 fully saturated rings. The molecule has 188 valence electrons. The first-order valence-corrected chi connectivity index (χ1v) is 12.1. The lowest BCUT2D eigenvalue weighted by Gasteiger charge is -2.28. The van der Waals surface area contributed by atoms with Crippen LogP contribution in [0.25, 0.3) is 11.7 Å². The second-order valence-corrected chi connectivity index (χ2v) is 9.63. The molecule has 3 heterocycles. The third kappa shape index (κ3) is 4.23. The minimum absolute atomic E-state index is 0.0275. The van der Waals surface area contributed by atoms with Crippen molar-refractivity contribution in [1.82, 2.24) is 19.5 Å². The average molecular weight is 492 g/mol. The van der Waals surface area contributed by atoms with Crippen LogP contribution in [0.2, 0.25) is 0 Å². The van der Waals surface area contributed by atoms with Crippen LogP contribution in [0.1, 0.15) is 48.3 Å². The second kappa shape index (κ2) is 9.18. The molecule has 1 saturated carbocycles. The summed E-state index contributed by atoms with van der Waals surface area (Å²) in [5.41, 5.74) is 1.02. The molecule has 5 rings (SSSR count). The topological polar surface area (TPSA) is 118 Å². The zero-order chi connectivity index (χ0) is 25.6. The van der Waals surface area contributed by atoms with Crippen molar-refractivity contribution < 1.29 is 19.4 Å². The first-order chi connectivity index (χ1) is 17.3. The summed E-state index contributed by atoms with van der Waals surface area (Å²) in [6.45, 7) is 6.80. The van der Waals surface area contributed by atoms with Crippen LogP contribution in [-0.4, -0.2) is 50.3 Å². The van der Waals surface area contributed by atoms with Crippen LogP contribution in [0.15, 0.2) is 35.1 Å². The van der Waals surface area contributed by atoms with Gasteiger partial charge in [-0.05, 0) is 43.9 Å². The number of nitrogens with one attached hydrogen (secondary N) is 1. The molecule has 0 spiro atoms. The molecule has 36 heavy (non-hydrogen) atoms. The van der Waals surface area contributed by atoms with Gasteiger partial charge in [0.1, 0.15) is 18.0 Å². The van der Waals surface area contributed by atoms with Crippen molar-refractivity contribution in [2.24, 2.45) is 5.92 Å². The predicted octanol–water partition coefficient (Wildman–Crippen LogP) is 2.50. The molecule has 0 saturated heterocycles. The van der Waals surface area contributed by atoms with E-state index in [0.29, 0.717) is 48.0 Å². The maximum Gasteiger partial charge on any atom is 0.291 e. The van der Waals surface area contributed by atoms with Gasteiger partial charge in [0.2, 0.25) is 5.88 Å². The number of aromatic hydroxyl groups is 1. The Hall–Kier alpha value is -4.08. The van der Waals surface area contributed by atoms with Gasteiger partial charge in [0.15, 0.2) is 5.56 Å². The Morgan fingerprint density at radius 1 is 1.28 bits per heavy atom. The zero-order valence-electron chi connectivity index (χ0n) is 20.5. The van der Waals surface area contributed by atoms with E-state index in [1.54, 1.807) is 17.9 Å². The summed E-state index contributed by atoms with van der Waals surface area (Å²) >= 11 is 0. The van der Waals surface area contributed by atoms with E-state index < -0.39 is 17.3 Å². The van der Waals surface area contributed by atoms with Crippen LogP contribution >= 0.6 is 0 Å². The number of fused-ring (bicyclic) bond motifs is 2. The fourth-order valence-corrected chi connectivity index (χ4v) is 4.43. The SMILES string of the molecule is Cc1nn2c(=O)c(C(=O)NC3CC3)c(O)n(CC(C)C)c2c1C=CC(=O)N1CCOc2ccccc21. The second-order valence-electron chi connectivity index (χ2n) is 9.63. The fraction of sp³-hybridized carbons (Fsp3) is 0.385. The molecular formula is C26H29N5O5. The Morgan fingerprint density at radius 2 is 2.03 bits per heavy atom. The summed E-state index contributed by atoms with van der Waals surface area (Å²) < 4.78 is 8.31. The normalized spacial score (nSPS) is 15.4. The van der Waals surface area contributed by atoms with Crippen LogP contribution in [0, 0.1) is 12.8 Å². The molecular weight excluding hydrogens is 462 g/mol. The number of aromatic nitrogens is 3. The monoisotopic (exact) mass is 491 g/mol. The van der Waals surface area contributed by atoms with Crippen molar-refractivity contribution in [3.8, 4) is 11.6 Å². The van der Waals surface area contributed by atoms with E-state index in [1.165, 1.54) is 10.6 Å². The van der Waals surface area contributed by atoms with E-state index in [9.17, 15) is 19.5 Å². The number of rotatable bonds is 6. The molecule has 1 aliphatic carbocycles. The number of nitrogens with zero attached hydrogens (tertiary/aromatic N) is 4. The zero-order valence-corrected chi connectivity index (χ0v) is 20.5. The van der Waals surface area contributed by atoms with Gasteiger partial charge in [0, 0.05) is 24.2 Å². The van der Waals surface area contributed by atoms with Gasteiger partial charge >= 0.3 is 0 Å². The highest BCUT2D eigenvalue weighted by Crippen LogP contribution is 2.31. The molecule has 10 heteroatoms. The van der Waals surface area contributed by atoms with Gasteiger partial charge in [-0.2, -0.15) is 9.61 Å². The summed E-state index contributed by atoms with van der Waals surface area (Å²) in [4.78, 5) is 40.8. The van der Waals surface area contributed by atoms with Gasteiger partial charge in [0.25, 0.3) is 17.4 Å². The smallest absolute Gasteiger partial charge is 0.291 e. The maximum absolute atomic E-state index is 13.3. The number of aryl methyl sites for hydroxylation is 1. The van der Waals surface area contributed by atoms with Crippen LogP contribution in [0.4, 0.5) is 5.69 Å². The molecule has 3 aromatic rings. The molecule has 1 aliphatic heterocycles. The number of carbonyl (C=O) groups excluding carboxylic acids is 2. The number of benzene rings is 1. The van der Waals surface area contributed by atoms with E-state index >= 15 is 0 Å². The molecule has 0 atom stereocenters. The van der Waals surface area contributed by atoms with E-state index in [4.69, 9.17) is 4.74 Å². The molecule has 0 bridgehead atoms. The third-order valence-electron chi connectivity index (χ3n) is 6.30. The van der Waals surface area contributed by atoms with Gasteiger partial charge < -0.3 is 20.1 Å². The predicted molar refractivity (Wildman–Crippen MR) is 135 cm³/mol. The summed E-state index contributed by atoms with van der Waals surface area (Å²) in [5, 5.41) is 18.2. The van der Waals surface area contributed by atoms with Crippen molar-refractivity contribution in [2.45, 2.75) is 46.2 Å². The molecule has 10 nitrogen and oxygen atoms in total. The van der Waals surface area contributed by atoms with Gasteiger partial charge in [0.05, 0.1) is 17.9 Å². The molecule has 2 aromatic heterocycles. The van der Waals surface area contributed by atoms with Crippen LogP contribution in [-0.2, 0) is 11.3 Å². The molecule has 2 N–H and O–H groups in total. The lowest BCUT2D eigenvalue weighted by atomic mass is 10.1. The quantitative estimate of drug-likeness (QED) is 0.512. The number of para-hydroxylation sites is 2. The van der Waals surface area contributed by atoms with Crippen LogP contribution in [0.3, 0.4) is 0 Å². The van der Waals surface area contributed by atoms with E-state index in [1.807, 2.05) is 38.1 Å². The Kier molecular flexibility index (Phi) is 6.03. The van der Waals surface area contributed by atoms with Crippen molar-refractivity contribution in [3.05, 3.63) is 57.5 Å². The van der Waals surface area contributed by atoms with E-state index in [2.05, 4.69) is 10.4 Å². The Balaban J connectivity index is 1.58. The van der Waals surface area contributed by atoms with Gasteiger partial charge in [-0.15, -0.1) is 0 Å². The number of ether oxygens (including phenoxy) is 1. The first-order valence-electron chi connectivity index (χ1n) is 12.1. The number of hydrogen-bond donors (Lipinski definition) is 2. The highest BCUT2D eigenvalue weighted by molar-refractivity contribution is 6.05. The highest BCUT2D eigenvalue weighted by atomic mass is 16.5. The first kappa shape index (κ1) is 23.7. The van der Waals surface area contributed by atoms with Gasteiger partial charge in [-0.1, -0.05) is 26.0 Å². The largest absolute Gasteiger partial charge is 0.494 e. The lowest BCUT2D eigenvalue weighted by Crippen LogP contribution is -2.36. The standard InChI is InChI=1S/C26H29N5O5/c1-15(2)14-30-24-18(10-11-21(32)29-12-13-36-20-7-5-4-6-19(20)29)16(3)28-31(24)26(35)22(25(30)34)23(33)27-17-8-9-17/h4-7,10-11,15,17,34H,8-9,12-14H2,1-3H3,(H,27,33). The highest BCUT2D eigenvalue weighted by Gasteiger charge is 2.30. The average Bonchev–Trinajstić information content (AvgIpc) is 3.60. The number of carbonyl (C=O) groups is 2. The Bertz CT molecular complexity index is 1450. The molecule has 2 aliphatic rings. The number of amides is 2. The number of anilines is 1. The van der Waals surface area contributed by atoms with Crippen molar-refractivity contribution >= 4 is 29.2 Å². The van der Waals surface area contributed by atoms with Crippen molar-refractivity contribution in [2.75, 3.05) is 18.1 Å². The Labute approximate surface area is 207 Å². The fourth-order valence-electron chi connectivity index (χ4n) is 4.43. The summed E-state index contributed by atoms with van der Waals surface area (Å²) in [6.07, 6.45) is 4.75. The third-order valence-corrected chi connectivity index (χ3v) is 6.30. The summed E-state index contributed by atoms with van der Waals surface area (Å²) in [7, 11) is 0. The molecule has 2 amide bonds. The minimum Gasteiger partial charge on any atom is -0.494 e. The van der Waals surface area contributed by atoms with Crippen LogP contribution in [0.5, 0.6) is 11.6 Å². The molecule has 0 radical (unpaired) electrons. The maximum atomic E-state index is 13.3. The van der Waals surface area contributed by atoms with Crippen molar-refractivity contribution in [3.63, 3.8) is 0 Å². The van der Waals surface area contributed by atoms with Crippen molar-refractivity contribution in [1.29, 1.82) is 0 Å². The minimum atomic E-state index is -0.697. The van der Waals surface area contributed by atoms with Gasteiger partial charge in [-0.25, -0.2) is 0 Å². The Morgan fingerprint density at radius 3 is 2.75 bits per heavy atom.